The molecule has 1 amide bonds. The van der Waals surface area contributed by atoms with Gasteiger partial charge < -0.3 is 10.2 Å². The fraction of sp³-hybridized carbons (Fsp3) is 0.810. The monoisotopic (exact) mass is 424 g/mol. The van der Waals surface area contributed by atoms with Gasteiger partial charge in [0.25, 0.3) is 0 Å². The number of nitriles is 2. The smallest absolute Gasteiger partial charge is 0.233 e. The van der Waals surface area contributed by atoms with Crippen LogP contribution in [0.2, 0.25) is 0 Å². The maximum Gasteiger partial charge on any atom is 0.233 e. The first-order valence-corrected chi connectivity index (χ1v) is 12.0. The number of carbonyl (C=O) groups excluding carboxylic acids is 1. The molecule has 28 heavy (non-hydrogen) atoms. The fourth-order valence-corrected chi connectivity index (χ4v) is 3.72. The zero-order chi connectivity index (χ0) is 20.9. The third-order valence-electron chi connectivity index (χ3n) is 4.47. The molecular weight excluding hydrogens is 388 g/mol. The van der Waals surface area contributed by atoms with Crippen LogP contribution in [0.5, 0.6) is 0 Å². The summed E-state index contributed by atoms with van der Waals surface area (Å²) in [7, 11) is 0. The van der Waals surface area contributed by atoms with Crippen LogP contribution in [0.4, 0.5) is 0 Å². The second-order valence-electron chi connectivity index (χ2n) is 6.88. The van der Waals surface area contributed by atoms with E-state index in [0.29, 0.717) is 17.4 Å². The summed E-state index contributed by atoms with van der Waals surface area (Å²) in [6.07, 6.45) is 13.6. The van der Waals surface area contributed by atoms with Crippen LogP contribution in [0.1, 0.15) is 84.0 Å². The van der Waals surface area contributed by atoms with Crippen molar-refractivity contribution in [1.29, 1.82) is 10.5 Å². The van der Waals surface area contributed by atoms with Crippen molar-refractivity contribution in [2.45, 2.75) is 84.0 Å². The van der Waals surface area contributed by atoms with Gasteiger partial charge in [-0.25, -0.2) is 0 Å². The molecule has 0 atom stereocenters. The third kappa shape index (κ3) is 16.8. The highest BCUT2D eigenvalue weighted by Gasteiger charge is 2.13. The Morgan fingerprint density at radius 2 is 1.43 bits per heavy atom. The van der Waals surface area contributed by atoms with Crippen LogP contribution >= 0.6 is 24.0 Å². The van der Waals surface area contributed by atoms with Gasteiger partial charge in [0.15, 0.2) is 0 Å². The van der Waals surface area contributed by atoms with Crippen molar-refractivity contribution in [3.05, 3.63) is 0 Å². The van der Waals surface area contributed by atoms with E-state index in [2.05, 4.69) is 12.2 Å². The van der Waals surface area contributed by atoms with Crippen LogP contribution < -0.4 is 5.32 Å². The van der Waals surface area contributed by atoms with Gasteiger partial charge in [-0.05, 0) is 6.42 Å². The van der Waals surface area contributed by atoms with Crippen molar-refractivity contribution in [3.8, 4) is 12.1 Å². The standard InChI is InChI=1S/C21H36N4OS2/c1-2-3-4-5-6-7-8-9-10-11-16-24-21(27)28-19-20(26)25(17-12-14-22)18-13-15-23/h2-13,16-19H2,1H3,(H,24,27). The van der Waals surface area contributed by atoms with Gasteiger partial charge in [-0.15, -0.1) is 0 Å². The molecule has 1 N–H and O–H groups in total. The van der Waals surface area contributed by atoms with Gasteiger partial charge in [0.2, 0.25) is 5.91 Å². The highest BCUT2D eigenvalue weighted by Crippen LogP contribution is 2.11. The maximum atomic E-state index is 12.2. The predicted molar refractivity (Wildman–Crippen MR) is 122 cm³/mol. The Balaban J connectivity index is 3.68. The molecule has 0 aliphatic heterocycles. The Kier molecular flexibility index (Phi) is 19.5. The summed E-state index contributed by atoms with van der Waals surface area (Å²) in [4.78, 5) is 13.8. The zero-order valence-electron chi connectivity index (χ0n) is 17.4. The lowest BCUT2D eigenvalue weighted by Crippen LogP contribution is -2.35. The molecule has 0 aromatic rings. The first kappa shape index (κ1) is 26.7. The Morgan fingerprint density at radius 1 is 0.929 bits per heavy atom. The van der Waals surface area contributed by atoms with Crippen LogP contribution in [-0.4, -0.2) is 40.5 Å². The summed E-state index contributed by atoms with van der Waals surface area (Å²) < 4.78 is 0.643. The fourth-order valence-electron chi connectivity index (χ4n) is 2.80. The van der Waals surface area contributed by atoms with Crippen LogP contribution in [0.25, 0.3) is 0 Å². The molecule has 0 fully saturated rings. The minimum absolute atomic E-state index is 0.0708. The van der Waals surface area contributed by atoms with Crippen LogP contribution in [0.3, 0.4) is 0 Å². The molecule has 0 unspecified atom stereocenters. The number of hydrogen-bond acceptors (Lipinski definition) is 5. The number of amides is 1. The van der Waals surface area contributed by atoms with Crippen LogP contribution in [0, 0.1) is 22.7 Å². The van der Waals surface area contributed by atoms with Gasteiger partial charge in [-0.2, -0.15) is 10.5 Å². The van der Waals surface area contributed by atoms with Gasteiger partial charge in [0.05, 0.1) is 30.7 Å². The molecule has 0 aliphatic carbocycles. The highest BCUT2D eigenvalue weighted by molar-refractivity contribution is 8.23. The third-order valence-corrected chi connectivity index (χ3v) is 5.76. The summed E-state index contributed by atoms with van der Waals surface area (Å²) >= 11 is 6.60. The molecule has 0 rings (SSSR count). The van der Waals surface area contributed by atoms with E-state index in [0.717, 1.165) is 13.0 Å². The maximum absolute atomic E-state index is 12.2. The Labute approximate surface area is 181 Å². The molecule has 0 aliphatic rings. The van der Waals surface area contributed by atoms with Gasteiger partial charge in [0, 0.05) is 19.6 Å². The van der Waals surface area contributed by atoms with E-state index in [1.807, 2.05) is 12.1 Å². The van der Waals surface area contributed by atoms with E-state index >= 15 is 0 Å². The lowest BCUT2D eigenvalue weighted by Gasteiger charge is -2.20. The average molecular weight is 425 g/mol. The number of nitrogens with zero attached hydrogens (tertiary/aromatic N) is 3. The lowest BCUT2D eigenvalue weighted by molar-refractivity contribution is -0.128. The van der Waals surface area contributed by atoms with Gasteiger partial charge in [0.1, 0.15) is 4.32 Å². The molecule has 0 heterocycles. The van der Waals surface area contributed by atoms with E-state index in [9.17, 15) is 4.79 Å². The van der Waals surface area contributed by atoms with Crippen molar-refractivity contribution < 1.29 is 4.79 Å². The molecule has 0 aromatic carbocycles. The van der Waals surface area contributed by atoms with Crippen LogP contribution in [-0.2, 0) is 4.79 Å². The first-order chi connectivity index (χ1) is 13.7. The molecule has 5 nitrogen and oxygen atoms in total. The van der Waals surface area contributed by atoms with Crippen molar-refractivity contribution >= 4 is 34.2 Å². The predicted octanol–water partition coefficient (Wildman–Crippen LogP) is 5.17. The minimum Gasteiger partial charge on any atom is -0.371 e. The number of carbonyl (C=O) groups is 1. The van der Waals surface area contributed by atoms with E-state index in [-0.39, 0.29) is 24.5 Å². The molecule has 0 saturated heterocycles. The van der Waals surface area contributed by atoms with Crippen molar-refractivity contribution in [3.63, 3.8) is 0 Å². The first-order valence-electron chi connectivity index (χ1n) is 10.6. The number of thiocarbonyl (C=S) groups is 1. The molecular formula is C21H36N4OS2. The number of hydrogen-bond donors (Lipinski definition) is 1. The van der Waals surface area contributed by atoms with Gasteiger partial charge >= 0.3 is 0 Å². The number of unbranched alkanes of at least 4 members (excludes halogenated alkanes) is 9. The number of nitrogens with one attached hydrogen (secondary N) is 1. The van der Waals surface area contributed by atoms with Crippen molar-refractivity contribution in [1.82, 2.24) is 10.2 Å². The lowest BCUT2D eigenvalue weighted by atomic mass is 10.1. The van der Waals surface area contributed by atoms with Gasteiger partial charge in [-0.1, -0.05) is 88.7 Å². The second kappa shape index (κ2) is 20.4. The number of rotatable bonds is 17. The molecule has 158 valence electrons. The summed E-state index contributed by atoms with van der Waals surface area (Å²) in [6.45, 7) is 3.84. The largest absolute Gasteiger partial charge is 0.371 e. The molecule has 0 radical (unpaired) electrons. The normalized spacial score (nSPS) is 10.1. The van der Waals surface area contributed by atoms with Crippen molar-refractivity contribution in [2.75, 3.05) is 25.4 Å². The van der Waals surface area contributed by atoms with Gasteiger partial charge in [-0.3, -0.25) is 4.79 Å². The van der Waals surface area contributed by atoms with Crippen LogP contribution in [0.15, 0.2) is 0 Å². The summed E-state index contributed by atoms with van der Waals surface area (Å²) in [5, 5.41) is 20.6. The van der Waals surface area contributed by atoms with E-state index in [1.165, 1.54) is 69.5 Å². The summed E-state index contributed by atoms with van der Waals surface area (Å²) in [5.74, 6) is 0.180. The van der Waals surface area contributed by atoms with Crippen molar-refractivity contribution in [2.24, 2.45) is 0 Å². The quantitative estimate of drug-likeness (QED) is 0.256. The minimum atomic E-state index is -0.0708. The molecule has 0 spiro atoms. The summed E-state index contributed by atoms with van der Waals surface area (Å²) in [6, 6.07) is 4.07. The SMILES string of the molecule is CCCCCCCCCCCCNC(=S)SCC(=O)N(CCC#N)CCC#N. The Bertz CT molecular complexity index is 482. The molecule has 0 aromatic heterocycles. The Hall–Kier alpha value is -1.31. The molecule has 0 bridgehead atoms. The van der Waals surface area contributed by atoms with E-state index in [4.69, 9.17) is 22.7 Å². The van der Waals surface area contributed by atoms with E-state index in [1.54, 1.807) is 4.90 Å². The highest BCUT2D eigenvalue weighted by atomic mass is 32.2. The zero-order valence-corrected chi connectivity index (χ0v) is 19.0. The second-order valence-corrected chi connectivity index (χ2v) is 8.53. The summed E-state index contributed by atoms with van der Waals surface area (Å²) in [5.41, 5.74) is 0. The molecule has 0 saturated carbocycles. The molecule has 7 heteroatoms. The van der Waals surface area contributed by atoms with E-state index < -0.39 is 0 Å². The topological polar surface area (TPSA) is 79.9 Å². The average Bonchev–Trinajstić information content (AvgIpc) is 2.70. The number of thioether (sulfide) groups is 1. The Morgan fingerprint density at radius 3 is 1.93 bits per heavy atom.